The maximum atomic E-state index is 5.35. The zero-order chi connectivity index (χ0) is 14.4. The van der Waals surface area contributed by atoms with Crippen molar-refractivity contribution in [2.24, 2.45) is 0 Å². The van der Waals surface area contributed by atoms with Gasteiger partial charge in [0.15, 0.2) is 0 Å². The topological polar surface area (TPSA) is 55.4 Å². The predicted octanol–water partition coefficient (Wildman–Crippen LogP) is 3.27. The molecule has 20 heavy (non-hydrogen) atoms. The molecule has 5 heteroatoms. The van der Waals surface area contributed by atoms with Crippen molar-refractivity contribution in [3.8, 4) is 11.5 Å². The number of pyridine rings is 1. The summed E-state index contributed by atoms with van der Waals surface area (Å²) < 4.78 is 10.5. The van der Waals surface area contributed by atoms with Gasteiger partial charge in [-0.3, -0.25) is 0 Å². The first kappa shape index (κ1) is 14.0. The maximum Gasteiger partial charge on any atom is 0.146 e. The summed E-state index contributed by atoms with van der Waals surface area (Å²) in [5.74, 6) is 3.05. The van der Waals surface area contributed by atoms with Gasteiger partial charge in [0, 0.05) is 12.6 Å². The Hall–Kier alpha value is -2.43. The third-order valence-electron chi connectivity index (χ3n) is 2.78. The number of hydrogen-bond acceptors (Lipinski definition) is 5. The summed E-state index contributed by atoms with van der Waals surface area (Å²) >= 11 is 0. The molecule has 5 nitrogen and oxygen atoms in total. The first-order valence-electron chi connectivity index (χ1n) is 6.46. The maximum absolute atomic E-state index is 5.35. The fraction of sp³-hybridized carbons (Fsp3) is 0.267. The van der Waals surface area contributed by atoms with Gasteiger partial charge in [0.25, 0.3) is 0 Å². The number of methoxy groups -OCH3 is 2. The Bertz CT molecular complexity index is 573. The average Bonchev–Trinajstić information content (AvgIpc) is 2.48. The van der Waals surface area contributed by atoms with Crippen molar-refractivity contribution in [3.05, 3.63) is 36.4 Å². The molecule has 0 atom stereocenters. The normalized spacial score (nSPS) is 9.95. The Morgan fingerprint density at radius 1 is 1.05 bits per heavy atom. The minimum Gasteiger partial charge on any atom is -0.497 e. The Labute approximate surface area is 118 Å². The number of hydrogen-bond donors (Lipinski definition) is 2. The number of aromatic nitrogens is 1. The van der Waals surface area contributed by atoms with Gasteiger partial charge in [-0.05, 0) is 31.2 Å². The molecule has 1 aromatic carbocycles. The van der Waals surface area contributed by atoms with Crippen molar-refractivity contribution >= 4 is 17.3 Å². The molecule has 0 spiro atoms. The molecule has 0 unspecified atom stereocenters. The number of nitrogens with one attached hydrogen (secondary N) is 2. The minimum atomic E-state index is 0.708. The standard InChI is InChI=1S/C15H19N3O2/c1-4-16-14-6-5-7-15(18-14)17-12-9-8-11(19-2)10-13(12)20-3/h5-10H,4H2,1-3H3,(H2,16,17,18). The number of ether oxygens (including phenoxy) is 2. The molecule has 106 valence electrons. The van der Waals surface area contributed by atoms with Crippen molar-refractivity contribution < 1.29 is 9.47 Å². The van der Waals surface area contributed by atoms with Crippen LogP contribution in [0.3, 0.4) is 0 Å². The lowest BCUT2D eigenvalue weighted by molar-refractivity contribution is 0.395. The van der Waals surface area contributed by atoms with Gasteiger partial charge in [0.2, 0.25) is 0 Å². The average molecular weight is 273 g/mol. The quantitative estimate of drug-likeness (QED) is 0.846. The highest BCUT2D eigenvalue weighted by Gasteiger charge is 2.06. The van der Waals surface area contributed by atoms with Gasteiger partial charge >= 0.3 is 0 Å². The van der Waals surface area contributed by atoms with E-state index in [0.717, 1.165) is 29.6 Å². The lowest BCUT2D eigenvalue weighted by atomic mass is 10.2. The van der Waals surface area contributed by atoms with Crippen LogP contribution in [0, 0.1) is 0 Å². The van der Waals surface area contributed by atoms with Crippen LogP contribution in [0.15, 0.2) is 36.4 Å². The molecule has 0 amide bonds. The highest BCUT2D eigenvalue weighted by Crippen LogP contribution is 2.31. The number of anilines is 3. The van der Waals surface area contributed by atoms with Crippen molar-refractivity contribution in [3.63, 3.8) is 0 Å². The van der Waals surface area contributed by atoms with Crippen LogP contribution in [0.1, 0.15) is 6.92 Å². The summed E-state index contributed by atoms with van der Waals surface area (Å²) in [4.78, 5) is 4.47. The smallest absolute Gasteiger partial charge is 0.146 e. The first-order chi connectivity index (χ1) is 9.76. The van der Waals surface area contributed by atoms with Crippen LogP contribution in [0.25, 0.3) is 0 Å². The van der Waals surface area contributed by atoms with Gasteiger partial charge < -0.3 is 20.1 Å². The molecular formula is C15H19N3O2. The van der Waals surface area contributed by atoms with E-state index in [-0.39, 0.29) is 0 Å². The molecule has 0 aliphatic carbocycles. The Balaban J connectivity index is 2.22. The van der Waals surface area contributed by atoms with Crippen molar-refractivity contribution in [2.45, 2.75) is 6.92 Å². The number of benzene rings is 1. The van der Waals surface area contributed by atoms with E-state index in [9.17, 15) is 0 Å². The molecule has 2 aromatic rings. The second-order valence-electron chi connectivity index (χ2n) is 4.13. The van der Waals surface area contributed by atoms with E-state index < -0.39 is 0 Å². The van der Waals surface area contributed by atoms with Crippen LogP contribution in [-0.4, -0.2) is 25.7 Å². The third-order valence-corrected chi connectivity index (χ3v) is 2.78. The second-order valence-corrected chi connectivity index (χ2v) is 4.13. The highest BCUT2D eigenvalue weighted by molar-refractivity contribution is 5.66. The third kappa shape index (κ3) is 3.32. The van der Waals surface area contributed by atoms with Gasteiger partial charge in [0.05, 0.1) is 19.9 Å². The molecule has 0 aliphatic rings. The molecule has 2 N–H and O–H groups in total. The van der Waals surface area contributed by atoms with Crippen molar-refractivity contribution in [2.75, 3.05) is 31.4 Å². The summed E-state index contributed by atoms with van der Waals surface area (Å²) in [6.07, 6.45) is 0. The van der Waals surface area contributed by atoms with Crippen LogP contribution >= 0.6 is 0 Å². The zero-order valence-corrected chi connectivity index (χ0v) is 11.9. The summed E-state index contributed by atoms with van der Waals surface area (Å²) in [6, 6.07) is 11.4. The number of nitrogens with zero attached hydrogens (tertiary/aromatic N) is 1. The van der Waals surface area contributed by atoms with Crippen molar-refractivity contribution in [1.82, 2.24) is 4.98 Å². The Kier molecular flexibility index (Phi) is 4.65. The Morgan fingerprint density at radius 2 is 1.85 bits per heavy atom. The molecular weight excluding hydrogens is 254 g/mol. The molecule has 0 aliphatic heterocycles. The first-order valence-corrected chi connectivity index (χ1v) is 6.46. The minimum absolute atomic E-state index is 0.708. The van der Waals surface area contributed by atoms with E-state index in [1.807, 2.05) is 43.3 Å². The van der Waals surface area contributed by atoms with E-state index >= 15 is 0 Å². The predicted molar refractivity (Wildman–Crippen MR) is 81.2 cm³/mol. The van der Waals surface area contributed by atoms with Crippen LogP contribution in [0.4, 0.5) is 17.3 Å². The van der Waals surface area contributed by atoms with E-state index in [1.54, 1.807) is 14.2 Å². The van der Waals surface area contributed by atoms with E-state index in [4.69, 9.17) is 9.47 Å². The van der Waals surface area contributed by atoms with Gasteiger partial charge in [-0.25, -0.2) is 4.98 Å². The van der Waals surface area contributed by atoms with Gasteiger partial charge in [-0.15, -0.1) is 0 Å². The molecule has 2 rings (SSSR count). The fourth-order valence-corrected chi connectivity index (χ4v) is 1.82. The van der Waals surface area contributed by atoms with Crippen LogP contribution in [0.5, 0.6) is 11.5 Å². The monoisotopic (exact) mass is 273 g/mol. The molecule has 0 saturated heterocycles. The summed E-state index contributed by atoms with van der Waals surface area (Å²) in [6.45, 7) is 2.87. The molecule has 0 radical (unpaired) electrons. The summed E-state index contributed by atoms with van der Waals surface area (Å²) in [5, 5.41) is 6.42. The summed E-state index contributed by atoms with van der Waals surface area (Å²) in [7, 11) is 3.26. The largest absolute Gasteiger partial charge is 0.497 e. The Morgan fingerprint density at radius 3 is 2.55 bits per heavy atom. The van der Waals surface area contributed by atoms with Crippen molar-refractivity contribution in [1.29, 1.82) is 0 Å². The van der Waals surface area contributed by atoms with E-state index in [2.05, 4.69) is 15.6 Å². The van der Waals surface area contributed by atoms with Gasteiger partial charge in [-0.1, -0.05) is 6.07 Å². The van der Waals surface area contributed by atoms with E-state index in [0.29, 0.717) is 5.75 Å². The lowest BCUT2D eigenvalue weighted by Gasteiger charge is -2.12. The number of rotatable bonds is 6. The SMILES string of the molecule is CCNc1cccc(Nc2ccc(OC)cc2OC)n1. The molecule has 0 bridgehead atoms. The molecule has 0 fully saturated rings. The zero-order valence-electron chi connectivity index (χ0n) is 11.9. The molecule has 0 saturated carbocycles. The molecule has 1 aromatic heterocycles. The highest BCUT2D eigenvalue weighted by atomic mass is 16.5. The van der Waals surface area contributed by atoms with Crippen LogP contribution in [0.2, 0.25) is 0 Å². The van der Waals surface area contributed by atoms with Gasteiger partial charge in [-0.2, -0.15) is 0 Å². The van der Waals surface area contributed by atoms with Crippen LogP contribution < -0.4 is 20.1 Å². The summed E-state index contributed by atoms with van der Waals surface area (Å²) in [5.41, 5.74) is 0.842. The molecule has 1 heterocycles. The van der Waals surface area contributed by atoms with E-state index in [1.165, 1.54) is 0 Å². The fourth-order valence-electron chi connectivity index (χ4n) is 1.82. The second kappa shape index (κ2) is 6.65. The van der Waals surface area contributed by atoms with Crippen LogP contribution in [-0.2, 0) is 0 Å². The lowest BCUT2D eigenvalue weighted by Crippen LogP contribution is -2.02. The van der Waals surface area contributed by atoms with Gasteiger partial charge in [0.1, 0.15) is 23.1 Å².